The molecule has 0 saturated carbocycles. The quantitative estimate of drug-likeness (QED) is 0.284. The molecule has 0 amide bonds. The molecule has 33 heavy (non-hydrogen) atoms. The number of furan rings is 1. The number of benzene rings is 4. The highest BCUT2D eigenvalue weighted by atomic mass is 16.5. The summed E-state index contributed by atoms with van der Waals surface area (Å²) in [6.07, 6.45) is 1.74. The summed E-state index contributed by atoms with van der Waals surface area (Å²) in [5.74, 6) is 0.884. The molecular weight excluding hydrogens is 404 g/mol. The summed E-state index contributed by atoms with van der Waals surface area (Å²) >= 11 is 0. The second-order valence-electron chi connectivity index (χ2n) is 8.50. The van der Waals surface area contributed by atoms with Crippen LogP contribution in [0.4, 0.5) is 0 Å². The van der Waals surface area contributed by atoms with E-state index in [4.69, 9.17) is 9.15 Å². The van der Waals surface area contributed by atoms with Crippen molar-refractivity contribution in [2.45, 2.75) is 17.6 Å². The summed E-state index contributed by atoms with van der Waals surface area (Å²) in [5.41, 5.74) is 4.68. The zero-order chi connectivity index (χ0) is 22.3. The largest absolute Gasteiger partial charge is 0.461 e. The van der Waals surface area contributed by atoms with Gasteiger partial charge in [0.2, 0.25) is 0 Å². The van der Waals surface area contributed by atoms with E-state index in [0.717, 1.165) is 39.0 Å². The lowest BCUT2D eigenvalue weighted by molar-refractivity contribution is -0.221. The smallest absolute Gasteiger partial charge is 0.134 e. The van der Waals surface area contributed by atoms with Gasteiger partial charge in [0, 0.05) is 5.39 Å². The van der Waals surface area contributed by atoms with Crippen LogP contribution in [0.15, 0.2) is 126 Å². The predicted molar refractivity (Wildman–Crippen MR) is 133 cm³/mol. The van der Waals surface area contributed by atoms with Gasteiger partial charge in [-0.15, -0.1) is 0 Å². The monoisotopic (exact) mass is 428 g/mol. The Morgan fingerprint density at radius 1 is 0.697 bits per heavy atom. The van der Waals surface area contributed by atoms with Crippen LogP contribution in [0.1, 0.15) is 40.0 Å². The van der Waals surface area contributed by atoms with E-state index in [0.29, 0.717) is 0 Å². The van der Waals surface area contributed by atoms with Crippen molar-refractivity contribution < 1.29 is 9.15 Å². The Kier molecular flexibility index (Phi) is 4.74. The first-order chi connectivity index (χ1) is 16.3. The van der Waals surface area contributed by atoms with Gasteiger partial charge in [0.25, 0.3) is 0 Å². The molecule has 0 unspecified atom stereocenters. The third kappa shape index (κ3) is 3.06. The van der Waals surface area contributed by atoms with Crippen LogP contribution in [0.25, 0.3) is 17.0 Å². The Balaban J connectivity index is 1.61. The molecule has 4 aromatic carbocycles. The fourth-order valence-corrected chi connectivity index (χ4v) is 5.22. The predicted octanol–water partition coefficient (Wildman–Crippen LogP) is 7.87. The van der Waals surface area contributed by atoms with E-state index in [1.165, 1.54) is 0 Å². The molecule has 1 aliphatic rings. The van der Waals surface area contributed by atoms with Crippen LogP contribution in [0.5, 0.6) is 0 Å². The molecule has 2 heterocycles. The maximum absolute atomic E-state index is 6.98. The molecule has 6 rings (SSSR count). The van der Waals surface area contributed by atoms with Crippen molar-refractivity contribution in [1.29, 1.82) is 0 Å². The molecule has 5 aromatic rings. The van der Waals surface area contributed by atoms with E-state index in [1.807, 2.05) is 42.5 Å². The van der Waals surface area contributed by atoms with Gasteiger partial charge < -0.3 is 9.15 Å². The first-order valence-corrected chi connectivity index (χ1v) is 11.3. The van der Waals surface area contributed by atoms with Gasteiger partial charge in [-0.2, -0.15) is 0 Å². The Labute approximate surface area is 193 Å². The van der Waals surface area contributed by atoms with Gasteiger partial charge in [-0.3, -0.25) is 0 Å². The van der Waals surface area contributed by atoms with E-state index in [9.17, 15) is 0 Å². The third-order valence-corrected chi connectivity index (χ3v) is 6.73. The van der Waals surface area contributed by atoms with Gasteiger partial charge in [0.15, 0.2) is 0 Å². The van der Waals surface area contributed by atoms with Crippen LogP contribution >= 0.6 is 0 Å². The lowest BCUT2D eigenvalue weighted by atomic mass is 9.65. The average molecular weight is 429 g/mol. The summed E-state index contributed by atoms with van der Waals surface area (Å²) < 4.78 is 13.5. The highest BCUT2D eigenvalue weighted by molar-refractivity contribution is 5.78. The van der Waals surface area contributed by atoms with Crippen LogP contribution in [-0.2, 0) is 10.3 Å². The van der Waals surface area contributed by atoms with Gasteiger partial charge >= 0.3 is 0 Å². The van der Waals surface area contributed by atoms with Crippen LogP contribution in [-0.4, -0.2) is 0 Å². The number of hydrogen-bond donors (Lipinski definition) is 0. The van der Waals surface area contributed by atoms with E-state index in [2.05, 4.69) is 85.4 Å². The fourth-order valence-electron chi connectivity index (χ4n) is 5.22. The minimum absolute atomic E-state index is 0.0456. The Bertz CT molecular complexity index is 1340. The van der Waals surface area contributed by atoms with Crippen LogP contribution in [0.3, 0.4) is 0 Å². The molecule has 0 bridgehead atoms. The van der Waals surface area contributed by atoms with Gasteiger partial charge in [-0.1, -0.05) is 116 Å². The highest BCUT2D eigenvalue weighted by Crippen LogP contribution is 2.63. The lowest BCUT2D eigenvalue weighted by Gasteiger charge is -2.55. The molecule has 1 aliphatic heterocycles. The maximum Gasteiger partial charge on any atom is 0.134 e. The van der Waals surface area contributed by atoms with Crippen molar-refractivity contribution in [3.8, 4) is 0 Å². The zero-order valence-corrected chi connectivity index (χ0v) is 18.2. The second-order valence-corrected chi connectivity index (χ2v) is 8.50. The SMILES string of the molecule is C=Cc1ccccc1[C@@H]1OC(c2ccccc2)(c2ccccc2)[C@H]1c1cc2ccccc2o1. The minimum atomic E-state index is -0.657. The topological polar surface area (TPSA) is 22.4 Å². The molecule has 0 N–H and O–H groups in total. The van der Waals surface area contributed by atoms with Gasteiger partial charge in [-0.05, 0) is 34.4 Å². The molecular formula is C31H24O2. The first kappa shape index (κ1) is 19.8. The number of fused-ring (bicyclic) bond motifs is 1. The zero-order valence-electron chi connectivity index (χ0n) is 18.2. The van der Waals surface area contributed by atoms with Gasteiger partial charge in [0.05, 0.1) is 12.0 Å². The van der Waals surface area contributed by atoms with Crippen molar-refractivity contribution in [3.63, 3.8) is 0 Å². The molecule has 1 saturated heterocycles. The number of hydrogen-bond acceptors (Lipinski definition) is 2. The van der Waals surface area contributed by atoms with E-state index in [1.54, 1.807) is 0 Å². The van der Waals surface area contributed by atoms with Crippen molar-refractivity contribution in [3.05, 3.63) is 150 Å². The molecule has 1 aromatic heterocycles. The molecule has 0 aliphatic carbocycles. The lowest BCUT2D eigenvalue weighted by Crippen LogP contribution is -2.52. The van der Waals surface area contributed by atoms with Gasteiger partial charge in [0.1, 0.15) is 16.9 Å². The summed E-state index contributed by atoms with van der Waals surface area (Å²) in [5, 5.41) is 1.10. The van der Waals surface area contributed by atoms with Crippen molar-refractivity contribution in [1.82, 2.24) is 0 Å². The van der Waals surface area contributed by atoms with Crippen molar-refractivity contribution in [2.24, 2.45) is 0 Å². The van der Waals surface area contributed by atoms with Gasteiger partial charge in [-0.25, -0.2) is 0 Å². The normalized spacial score (nSPS) is 19.2. The van der Waals surface area contributed by atoms with Crippen LogP contribution in [0, 0.1) is 0 Å². The molecule has 160 valence electrons. The van der Waals surface area contributed by atoms with Crippen molar-refractivity contribution in [2.75, 3.05) is 0 Å². The molecule has 2 atom stereocenters. The highest BCUT2D eigenvalue weighted by Gasteiger charge is 2.60. The standard InChI is InChI=1S/C31H24O2/c1-2-22-13-9-11-19-26(22)30-29(28-21-23-14-10-12-20-27(23)32-28)31(33-30,24-15-5-3-6-16-24)25-17-7-4-8-18-25/h2-21,29-30H,1H2/t29-,30-/m0/s1. The molecule has 0 radical (unpaired) electrons. The Morgan fingerprint density at radius 3 is 1.97 bits per heavy atom. The summed E-state index contributed by atoms with van der Waals surface area (Å²) in [6.45, 7) is 4.04. The Morgan fingerprint density at radius 2 is 1.30 bits per heavy atom. The van der Waals surface area contributed by atoms with E-state index in [-0.39, 0.29) is 12.0 Å². The molecule has 1 fully saturated rings. The second kappa shape index (κ2) is 7.91. The summed E-state index contributed by atoms with van der Waals surface area (Å²) in [7, 11) is 0. The molecule has 0 spiro atoms. The number of para-hydroxylation sites is 1. The average Bonchev–Trinajstić information content (AvgIpc) is 3.28. The summed E-state index contributed by atoms with van der Waals surface area (Å²) in [6, 6.07) is 39.7. The fraction of sp³-hybridized carbons (Fsp3) is 0.0968. The number of ether oxygens (including phenoxy) is 1. The summed E-state index contributed by atoms with van der Waals surface area (Å²) in [4.78, 5) is 0. The third-order valence-electron chi connectivity index (χ3n) is 6.73. The minimum Gasteiger partial charge on any atom is -0.461 e. The maximum atomic E-state index is 6.98. The number of rotatable bonds is 5. The Hall–Kier alpha value is -3.88. The first-order valence-electron chi connectivity index (χ1n) is 11.3. The molecule has 2 heteroatoms. The van der Waals surface area contributed by atoms with Crippen LogP contribution in [0.2, 0.25) is 0 Å². The molecule has 2 nitrogen and oxygen atoms in total. The van der Waals surface area contributed by atoms with Crippen LogP contribution < -0.4 is 0 Å². The van der Waals surface area contributed by atoms with Crippen molar-refractivity contribution >= 4 is 17.0 Å². The van der Waals surface area contributed by atoms with E-state index >= 15 is 0 Å². The van der Waals surface area contributed by atoms with E-state index < -0.39 is 5.60 Å².